The number of hydrogen-bond acceptors (Lipinski definition) is 4. The number of carbonyl (C=O) groups excluding carboxylic acids is 1. The van der Waals surface area contributed by atoms with Crippen molar-refractivity contribution in [2.75, 3.05) is 18.6 Å². The zero-order valence-corrected chi connectivity index (χ0v) is 10.5. The first kappa shape index (κ1) is 13.7. The lowest BCUT2D eigenvalue weighted by atomic mass is 10.2. The van der Waals surface area contributed by atoms with Gasteiger partial charge >= 0.3 is 5.97 Å². The molecule has 1 atom stereocenters. The number of likely N-dealkylation sites (N-methyl/N-ethyl adjacent to an activating group) is 1. The van der Waals surface area contributed by atoms with Crippen LogP contribution in [0, 0.1) is 0 Å². The van der Waals surface area contributed by atoms with E-state index in [2.05, 4.69) is 0 Å². The summed E-state index contributed by atoms with van der Waals surface area (Å²) in [5.74, 6) is -1.61. The Morgan fingerprint density at radius 1 is 1.41 bits per heavy atom. The van der Waals surface area contributed by atoms with Crippen LogP contribution in [0.1, 0.15) is 13.3 Å². The fraction of sp³-hybridized carbons (Fsp3) is 0.600. The van der Waals surface area contributed by atoms with Crippen molar-refractivity contribution >= 4 is 21.7 Å². The van der Waals surface area contributed by atoms with Crippen molar-refractivity contribution in [2.45, 2.75) is 19.4 Å². The Morgan fingerprint density at radius 3 is 2.41 bits per heavy atom. The number of hydrogen-bond donors (Lipinski definition) is 1. The highest BCUT2D eigenvalue weighted by Crippen LogP contribution is 2.17. The predicted molar refractivity (Wildman–Crippen MR) is 61.2 cm³/mol. The van der Waals surface area contributed by atoms with Crippen molar-refractivity contribution in [1.29, 1.82) is 0 Å². The van der Waals surface area contributed by atoms with Crippen LogP contribution < -0.4 is 0 Å². The van der Waals surface area contributed by atoms with Gasteiger partial charge in [-0.1, -0.05) is 0 Å². The summed E-state index contributed by atoms with van der Waals surface area (Å²) in [7, 11) is -1.56. The standard InChI is InChI=1S/C10H15NO5S/c1-7(5-9(12)13)10(14)11(2)8-3-4-17(15,16)6-8/h5,8H,3-4,6H2,1-2H3,(H,12,13)/b7-5+. The molecule has 0 aromatic heterocycles. The Balaban J connectivity index is 2.75. The minimum atomic E-state index is -3.05. The van der Waals surface area contributed by atoms with E-state index in [9.17, 15) is 18.0 Å². The van der Waals surface area contributed by atoms with E-state index in [0.717, 1.165) is 6.08 Å². The number of carboxylic acids is 1. The molecule has 0 saturated carbocycles. The second kappa shape index (κ2) is 4.87. The molecule has 1 rings (SSSR count). The van der Waals surface area contributed by atoms with E-state index in [4.69, 9.17) is 5.11 Å². The molecule has 17 heavy (non-hydrogen) atoms. The van der Waals surface area contributed by atoms with Crippen LogP contribution in [0.15, 0.2) is 11.6 Å². The van der Waals surface area contributed by atoms with E-state index in [0.29, 0.717) is 6.42 Å². The van der Waals surface area contributed by atoms with Crippen LogP contribution in [0.2, 0.25) is 0 Å². The van der Waals surface area contributed by atoms with Gasteiger partial charge in [0.25, 0.3) is 0 Å². The molecule has 96 valence electrons. The van der Waals surface area contributed by atoms with Gasteiger partial charge in [0.1, 0.15) is 0 Å². The Kier molecular flexibility index (Phi) is 3.92. The highest BCUT2D eigenvalue weighted by Gasteiger charge is 2.32. The van der Waals surface area contributed by atoms with Crippen LogP contribution in [0.25, 0.3) is 0 Å². The topological polar surface area (TPSA) is 91.8 Å². The molecule has 0 aromatic rings. The van der Waals surface area contributed by atoms with Crippen molar-refractivity contribution in [2.24, 2.45) is 0 Å². The molecular weight excluding hydrogens is 246 g/mol. The van der Waals surface area contributed by atoms with E-state index < -0.39 is 21.7 Å². The quantitative estimate of drug-likeness (QED) is 0.702. The van der Waals surface area contributed by atoms with Crippen LogP contribution in [-0.2, 0) is 19.4 Å². The van der Waals surface area contributed by atoms with Gasteiger partial charge in [-0.25, -0.2) is 13.2 Å². The third-order valence-electron chi connectivity index (χ3n) is 2.75. The fourth-order valence-electron chi connectivity index (χ4n) is 1.77. The molecule has 1 saturated heterocycles. The summed E-state index contributed by atoms with van der Waals surface area (Å²) in [6.07, 6.45) is 1.23. The van der Waals surface area contributed by atoms with Crippen molar-refractivity contribution in [1.82, 2.24) is 4.90 Å². The van der Waals surface area contributed by atoms with Crippen LogP contribution in [0.4, 0.5) is 0 Å². The number of nitrogens with zero attached hydrogens (tertiary/aromatic N) is 1. The summed E-state index contributed by atoms with van der Waals surface area (Å²) in [5, 5.41) is 8.52. The number of carboxylic acid groups (broad SMARTS) is 1. The SMILES string of the molecule is C/C(=C\C(=O)O)C(=O)N(C)C1CCS(=O)(=O)C1. The highest BCUT2D eigenvalue weighted by atomic mass is 32.2. The third-order valence-corrected chi connectivity index (χ3v) is 4.50. The van der Waals surface area contributed by atoms with E-state index in [1.807, 2.05) is 0 Å². The van der Waals surface area contributed by atoms with Crippen LogP contribution in [0.3, 0.4) is 0 Å². The second-order valence-electron chi connectivity index (χ2n) is 4.14. The normalized spacial score (nSPS) is 23.4. The van der Waals surface area contributed by atoms with Gasteiger partial charge in [-0.3, -0.25) is 4.79 Å². The van der Waals surface area contributed by atoms with Crippen molar-refractivity contribution in [3.63, 3.8) is 0 Å². The minimum absolute atomic E-state index is 0.0460. The molecule has 1 unspecified atom stereocenters. The summed E-state index contributed by atoms with van der Waals surface area (Å²) in [6, 6.07) is -0.357. The van der Waals surface area contributed by atoms with Gasteiger partial charge in [0.05, 0.1) is 11.5 Å². The minimum Gasteiger partial charge on any atom is -0.478 e. The zero-order chi connectivity index (χ0) is 13.2. The maximum absolute atomic E-state index is 11.8. The Hall–Kier alpha value is -1.37. The maximum Gasteiger partial charge on any atom is 0.328 e. The van der Waals surface area contributed by atoms with Crippen LogP contribution in [0.5, 0.6) is 0 Å². The van der Waals surface area contributed by atoms with Crippen molar-refractivity contribution in [3.8, 4) is 0 Å². The molecule has 0 radical (unpaired) electrons. The summed E-state index contributed by atoms with van der Waals surface area (Å²) >= 11 is 0. The van der Waals surface area contributed by atoms with Gasteiger partial charge in [0.2, 0.25) is 5.91 Å². The smallest absolute Gasteiger partial charge is 0.328 e. The molecule has 1 heterocycles. The number of carbonyl (C=O) groups is 2. The van der Waals surface area contributed by atoms with E-state index >= 15 is 0 Å². The molecule has 7 heteroatoms. The summed E-state index contributed by atoms with van der Waals surface area (Å²) in [5.41, 5.74) is 0.0873. The largest absolute Gasteiger partial charge is 0.478 e. The van der Waals surface area contributed by atoms with Gasteiger partial charge in [-0.15, -0.1) is 0 Å². The molecule has 1 fully saturated rings. The fourth-order valence-corrected chi connectivity index (χ4v) is 3.55. The lowest BCUT2D eigenvalue weighted by Crippen LogP contribution is -2.38. The van der Waals surface area contributed by atoms with E-state index in [-0.39, 0.29) is 23.1 Å². The first-order valence-electron chi connectivity index (χ1n) is 5.12. The lowest BCUT2D eigenvalue weighted by Gasteiger charge is -2.23. The lowest BCUT2D eigenvalue weighted by molar-refractivity contribution is -0.132. The first-order valence-corrected chi connectivity index (χ1v) is 6.94. The molecule has 1 amide bonds. The maximum atomic E-state index is 11.8. The Labute approximate surface area is 99.8 Å². The zero-order valence-electron chi connectivity index (χ0n) is 9.71. The van der Waals surface area contributed by atoms with Gasteiger partial charge in [-0.05, 0) is 13.3 Å². The summed E-state index contributed by atoms with van der Waals surface area (Å²) in [4.78, 5) is 23.5. The van der Waals surface area contributed by atoms with E-state index in [1.54, 1.807) is 0 Å². The Bertz CT molecular complexity index is 465. The second-order valence-corrected chi connectivity index (χ2v) is 6.37. The molecule has 0 aromatic carbocycles. The molecule has 1 aliphatic heterocycles. The van der Waals surface area contributed by atoms with Crippen LogP contribution >= 0.6 is 0 Å². The third kappa shape index (κ3) is 3.55. The molecule has 0 aliphatic carbocycles. The van der Waals surface area contributed by atoms with Gasteiger partial charge in [0, 0.05) is 24.7 Å². The molecular formula is C10H15NO5S. The summed E-state index contributed by atoms with van der Waals surface area (Å²) in [6.45, 7) is 1.40. The number of amides is 1. The van der Waals surface area contributed by atoms with Gasteiger partial charge in [-0.2, -0.15) is 0 Å². The highest BCUT2D eigenvalue weighted by molar-refractivity contribution is 7.91. The monoisotopic (exact) mass is 261 g/mol. The molecule has 6 nitrogen and oxygen atoms in total. The van der Waals surface area contributed by atoms with E-state index in [1.165, 1.54) is 18.9 Å². The van der Waals surface area contributed by atoms with Gasteiger partial charge < -0.3 is 10.0 Å². The van der Waals surface area contributed by atoms with Crippen molar-refractivity contribution < 1.29 is 23.1 Å². The number of aliphatic carboxylic acids is 1. The predicted octanol–water partition coefficient (Wildman–Crippen LogP) is -0.337. The van der Waals surface area contributed by atoms with Crippen molar-refractivity contribution in [3.05, 3.63) is 11.6 Å². The summed E-state index contributed by atoms with van der Waals surface area (Å²) < 4.78 is 22.5. The van der Waals surface area contributed by atoms with Crippen LogP contribution in [-0.4, -0.2) is 54.9 Å². The molecule has 0 bridgehead atoms. The average Bonchev–Trinajstić information content (AvgIpc) is 2.55. The molecule has 1 N–H and O–H groups in total. The Morgan fingerprint density at radius 2 is 2.00 bits per heavy atom. The number of rotatable bonds is 3. The average molecular weight is 261 g/mol. The molecule has 1 aliphatic rings. The van der Waals surface area contributed by atoms with Gasteiger partial charge in [0.15, 0.2) is 9.84 Å². The molecule has 0 spiro atoms. The first-order chi connectivity index (χ1) is 7.73. The number of sulfone groups is 1.